The number of imidazole rings is 1. The van der Waals surface area contributed by atoms with Crippen molar-refractivity contribution in [3.63, 3.8) is 0 Å². The van der Waals surface area contributed by atoms with Crippen LogP contribution in [0.3, 0.4) is 0 Å². The summed E-state index contributed by atoms with van der Waals surface area (Å²) in [7, 11) is 1.58. The summed E-state index contributed by atoms with van der Waals surface area (Å²) in [5, 5.41) is 7.02. The van der Waals surface area contributed by atoms with E-state index in [-0.39, 0.29) is 29.6 Å². The van der Waals surface area contributed by atoms with Crippen LogP contribution < -0.4 is 14.8 Å². The molecule has 1 aliphatic carbocycles. The summed E-state index contributed by atoms with van der Waals surface area (Å²) in [4.78, 5) is 17.8. The number of nitrogens with one attached hydrogen (secondary N) is 1. The van der Waals surface area contributed by atoms with Crippen LogP contribution in [0.2, 0.25) is 0 Å². The van der Waals surface area contributed by atoms with Crippen LogP contribution >= 0.6 is 11.6 Å². The Labute approximate surface area is 237 Å². The Bertz CT molecular complexity index is 1730. The molecular formula is C29H23ClF3N5O3. The number of hydrogen-bond acceptors (Lipinski definition) is 5. The van der Waals surface area contributed by atoms with E-state index in [0.717, 1.165) is 24.6 Å². The van der Waals surface area contributed by atoms with Gasteiger partial charge in [-0.2, -0.15) is 5.10 Å². The van der Waals surface area contributed by atoms with Gasteiger partial charge in [-0.25, -0.2) is 9.37 Å². The molecule has 12 heteroatoms. The largest absolute Gasteiger partial charge is 0.497 e. The minimum Gasteiger partial charge on any atom is -0.497 e. The van der Waals surface area contributed by atoms with Crippen molar-refractivity contribution in [3.05, 3.63) is 90.1 Å². The number of carbonyl (C=O) groups excluding carboxylic acids is 1. The first kappa shape index (κ1) is 26.7. The topological polar surface area (TPSA) is 83.2 Å². The first-order valence-corrected chi connectivity index (χ1v) is 13.1. The first-order chi connectivity index (χ1) is 19.7. The summed E-state index contributed by atoms with van der Waals surface area (Å²) in [6, 6.07) is 16.2. The number of aromatic nitrogens is 4. The van der Waals surface area contributed by atoms with Crippen LogP contribution in [-0.2, 0) is 6.54 Å². The number of benzene rings is 3. The fourth-order valence-corrected chi connectivity index (χ4v) is 4.80. The number of amides is 1. The zero-order chi connectivity index (χ0) is 28.7. The van der Waals surface area contributed by atoms with Gasteiger partial charge < -0.3 is 19.4 Å². The summed E-state index contributed by atoms with van der Waals surface area (Å²) < 4.78 is 54.4. The second-order valence-electron chi connectivity index (χ2n) is 9.65. The molecule has 1 aliphatic rings. The van der Waals surface area contributed by atoms with E-state index in [1.807, 2.05) is 28.8 Å². The molecule has 2 aromatic heterocycles. The molecule has 1 saturated carbocycles. The standard InChI is InChI=1S/C29H23ClF3N5O3/c1-40-21-8-2-17(3-9-21)15-38-26(24(31)14-35-38)23-12-18(13-25-27(23)37(16-34-25)20-6-7-20)28(39)36-19-4-10-22(11-5-19)41-29(30,32)33/h2-5,8-14,16,20H,6-7,15H2,1H3,(H,36,39). The number of carbonyl (C=O) groups is 1. The minimum absolute atomic E-state index is 0.169. The number of halogens is 4. The molecule has 0 unspecified atom stereocenters. The molecule has 210 valence electrons. The van der Waals surface area contributed by atoms with Gasteiger partial charge in [0, 0.05) is 34.5 Å². The van der Waals surface area contributed by atoms with Gasteiger partial charge in [0.05, 0.1) is 37.2 Å². The Kier molecular flexibility index (Phi) is 6.82. The molecule has 0 spiro atoms. The molecule has 1 N–H and O–H groups in total. The fraction of sp³-hybridized carbons (Fsp3) is 0.207. The molecule has 5 aromatic rings. The third kappa shape index (κ3) is 5.71. The maximum atomic E-state index is 15.4. The predicted molar refractivity (Wildman–Crippen MR) is 147 cm³/mol. The maximum Gasteiger partial charge on any atom is 0.487 e. The molecule has 0 atom stereocenters. The lowest BCUT2D eigenvalue weighted by Gasteiger charge is -2.14. The number of ether oxygens (including phenoxy) is 2. The summed E-state index contributed by atoms with van der Waals surface area (Å²) in [5.41, 5.74) is -0.447. The summed E-state index contributed by atoms with van der Waals surface area (Å²) in [6.45, 7) is 0.286. The summed E-state index contributed by atoms with van der Waals surface area (Å²) >= 11 is 4.81. The normalized spacial score (nSPS) is 13.4. The van der Waals surface area contributed by atoms with E-state index >= 15 is 4.39 Å². The lowest BCUT2D eigenvalue weighted by molar-refractivity contribution is -0.0964. The van der Waals surface area contributed by atoms with Gasteiger partial charge in [-0.3, -0.25) is 9.48 Å². The molecule has 0 aliphatic heterocycles. The average Bonchev–Trinajstić information content (AvgIpc) is 3.60. The van der Waals surface area contributed by atoms with E-state index in [0.29, 0.717) is 28.0 Å². The van der Waals surface area contributed by atoms with Gasteiger partial charge in [-0.1, -0.05) is 12.1 Å². The van der Waals surface area contributed by atoms with Crippen molar-refractivity contribution in [1.82, 2.24) is 19.3 Å². The maximum absolute atomic E-state index is 15.4. The van der Waals surface area contributed by atoms with Crippen LogP contribution in [0.1, 0.15) is 34.8 Å². The second kappa shape index (κ2) is 10.5. The molecule has 0 radical (unpaired) electrons. The van der Waals surface area contributed by atoms with E-state index < -0.39 is 17.3 Å². The molecule has 2 heterocycles. The molecule has 0 bridgehead atoms. The monoisotopic (exact) mass is 581 g/mol. The number of nitrogens with zero attached hydrogens (tertiary/aromatic N) is 4. The molecule has 3 aromatic carbocycles. The van der Waals surface area contributed by atoms with E-state index in [2.05, 4.69) is 20.1 Å². The Morgan fingerprint density at radius 3 is 2.46 bits per heavy atom. The van der Waals surface area contributed by atoms with Gasteiger partial charge in [0.15, 0.2) is 5.82 Å². The molecule has 6 rings (SSSR count). The molecule has 1 amide bonds. The lowest BCUT2D eigenvalue weighted by Crippen LogP contribution is -2.16. The van der Waals surface area contributed by atoms with Gasteiger partial charge in [0.2, 0.25) is 0 Å². The van der Waals surface area contributed by atoms with Crippen LogP contribution in [0, 0.1) is 5.82 Å². The molecule has 8 nitrogen and oxygen atoms in total. The highest BCUT2D eigenvalue weighted by Gasteiger charge is 2.29. The molecule has 41 heavy (non-hydrogen) atoms. The zero-order valence-electron chi connectivity index (χ0n) is 21.7. The highest BCUT2D eigenvalue weighted by atomic mass is 35.5. The van der Waals surface area contributed by atoms with Crippen LogP contribution in [0.25, 0.3) is 22.3 Å². The van der Waals surface area contributed by atoms with Crippen LogP contribution in [0.5, 0.6) is 11.5 Å². The highest BCUT2D eigenvalue weighted by molar-refractivity contribution is 6.20. The van der Waals surface area contributed by atoms with Gasteiger partial charge in [-0.05, 0) is 66.9 Å². The highest BCUT2D eigenvalue weighted by Crippen LogP contribution is 2.41. The zero-order valence-corrected chi connectivity index (χ0v) is 22.4. The number of alkyl halides is 3. The number of fused-ring (bicyclic) bond motifs is 1. The van der Waals surface area contributed by atoms with Crippen molar-refractivity contribution in [3.8, 4) is 22.8 Å². The van der Waals surface area contributed by atoms with E-state index in [4.69, 9.17) is 16.3 Å². The molecular weight excluding hydrogens is 559 g/mol. The SMILES string of the molecule is COc1ccc(Cn2ncc(F)c2-c2cc(C(=O)Nc3ccc(OC(F)(F)Cl)cc3)cc3ncn(C4CC4)c23)cc1. The van der Waals surface area contributed by atoms with Gasteiger partial charge in [-0.15, -0.1) is 8.78 Å². The Hall–Kier alpha value is -4.51. The van der Waals surface area contributed by atoms with E-state index in [9.17, 15) is 13.6 Å². The number of methoxy groups -OCH3 is 1. The van der Waals surface area contributed by atoms with Crippen LogP contribution in [0.15, 0.2) is 73.2 Å². The van der Waals surface area contributed by atoms with Crippen LogP contribution in [-0.4, -0.2) is 37.9 Å². The van der Waals surface area contributed by atoms with Crippen molar-refractivity contribution >= 4 is 34.2 Å². The Morgan fingerprint density at radius 1 is 1.10 bits per heavy atom. The summed E-state index contributed by atoms with van der Waals surface area (Å²) in [5.74, 6) is -0.494. The van der Waals surface area contributed by atoms with Crippen molar-refractivity contribution in [1.29, 1.82) is 0 Å². The minimum atomic E-state index is -3.85. The number of anilines is 1. The van der Waals surface area contributed by atoms with Crippen molar-refractivity contribution in [2.75, 3.05) is 12.4 Å². The van der Waals surface area contributed by atoms with Gasteiger partial charge >= 0.3 is 5.57 Å². The quantitative estimate of drug-likeness (QED) is 0.192. The predicted octanol–water partition coefficient (Wildman–Crippen LogP) is 6.85. The van der Waals surface area contributed by atoms with Crippen molar-refractivity contribution in [2.24, 2.45) is 0 Å². The van der Waals surface area contributed by atoms with Crippen molar-refractivity contribution in [2.45, 2.75) is 31.0 Å². The third-order valence-electron chi connectivity index (χ3n) is 6.76. The molecule has 1 fully saturated rings. The Balaban J connectivity index is 1.37. The lowest BCUT2D eigenvalue weighted by atomic mass is 10.0. The summed E-state index contributed by atoms with van der Waals surface area (Å²) in [6.07, 6.45) is 4.83. The fourth-order valence-electron chi connectivity index (χ4n) is 4.71. The first-order valence-electron chi connectivity index (χ1n) is 12.7. The number of hydrogen-bond donors (Lipinski definition) is 1. The number of rotatable bonds is 9. The van der Waals surface area contributed by atoms with Gasteiger partial charge in [0.25, 0.3) is 5.91 Å². The Morgan fingerprint density at radius 2 is 1.80 bits per heavy atom. The third-order valence-corrected chi connectivity index (χ3v) is 6.84. The second-order valence-corrected chi connectivity index (χ2v) is 10.1. The van der Waals surface area contributed by atoms with Crippen molar-refractivity contribution < 1.29 is 27.4 Å². The van der Waals surface area contributed by atoms with Crippen LogP contribution in [0.4, 0.5) is 18.9 Å². The average molecular weight is 582 g/mol. The molecule has 0 saturated heterocycles. The van der Waals surface area contributed by atoms with E-state index in [1.54, 1.807) is 30.3 Å². The smallest absolute Gasteiger partial charge is 0.487 e. The van der Waals surface area contributed by atoms with Gasteiger partial charge in [0.1, 0.15) is 17.2 Å². The van der Waals surface area contributed by atoms with E-state index in [1.165, 1.54) is 24.3 Å².